The van der Waals surface area contributed by atoms with Gasteiger partial charge in [-0.25, -0.2) is 4.98 Å². The molecule has 5 nitrogen and oxygen atoms in total. The van der Waals surface area contributed by atoms with Crippen LogP contribution in [0, 0.1) is 5.92 Å². The van der Waals surface area contributed by atoms with Crippen LogP contribution in [0.5, 0.6) is 0 Å². The fourth-order valence-corrected chi connectivity index (χ4v) is 4.07. The molecule has 22 heavy (non-hydrogen) atoms. The molecule has 0 amide bonds. The number of aryl methyl sites for hydroxylation is 1. The van der Waals surface area contributed by atoms with Crippen LogP contribution in [0.25, 0.3) is 11.3 Å². The van der Waals surface area contributed by atoms with Crippen LogP contribution >= 0.6 is 0 Å². The highest BCUT2D eigenvalue weighted by Crippen LogP contribution is 2.48. The molecule has 4 heterocycles. The number of rotatable bonds is 1. The molecule has 0 saturated heterocycles. The molecule has 3 atom stereocenters. The van der Waals surface area contributed by atoms with E-state index in [0.29, 0.717) is 0 Å². The molecule has 2 aliphatic heterocycles. The van der Waals surface area contributed by atoms with E-state index in [4.69, 9.17) is 0 Å². The first-order valence-corrected chi connectivity index (χ1v) is 7.65. The summed E-state index contributed by atoms with van der Waals surface area (Å²) in [5, 5.41) is 15.1. The van der Waals surface area contributed by atoms with Gasteiger partial charge in [0.2, 0.25) is 0 Å². The van der Waals surface area contributed by atoms with Gasteiger partial charge < -0.3 is 9.67 Å². The first kappa shape index (κ1) is 12.2. The summed E-state index contributed by atoms with van der Waals surface area (Å²) >= 11 is 0. The average Bonchev–Trinajstić information content (AvgIpc) is 3.23. The van der Waals surface area contributed by atoms with Crippen molar-refractivity contribution >= 4 is 0 Å². The topological polar surface area (TPSA) is 55.9 Å². The molecule has 1 aromatic carbocycles. The summed E-state index contributed by atoms with van der Waals surface area (Å²) in [5.41, 5.74) is 4.59. The number of aromatic nitrogens is 4. The number of hydrogen-bond acceptors (Lipinski definition) is 3. The molecular weight excluding hydrogens is 276 g/mol. The van der Waals surface area contributed by atoms with Crippen molar-refractivity contribution < 1.29 is 5.11 Å². The first-order valence-electron chi connectivity index (χ1n) is 7.65. The Hall–Kier alpha value is -2.40. The summed E-state index contributed by atoms with van der Waals surface area (Å²) < 4.78 is 4.13. The van der Waals surface area contributed by atoms with Crippen LogP contribution in [0.1, 0.15) is 29.8 Å². The summed E-state index contributed by atoms with van der Waals surface area (Å²) in [5.74, 6) is 0.140. The van der Waals surface area contributed by atoms with Crippen molar-refractivity contribution in [2.24, 2.45) is 5.92 Å². The number of fused-ring (bicyclic) bond motifs is 4. The van der Waals surface area contributed by atoms with Crippen molar-refractivity contribution in [2.45, 2.75) is 25.1 Å². The van der Waals surface area contributed by atoms with E-state index in [0.717, 1.165) is 24.4 Å². The molecule has 0 spiro atoms. The van der Waals surface area contributed by atoms with Crippen LogP contribution < -0.4 is 0 Å². The van der Waals surface area contributed by atoms with Gasteiger partial charge in [-0.05, 0) is 18.1 Å². The van der Waals surface area contributed by atoms with Crippen molar-refractivity contribution in [2.75, 3.05) is 0 Å². The van der Waals surface area contributed by atoms with Gasteiger partial charge in [0.25, 0.3) is 0 Å². The minimum atomic E-state index is -0.498. The Morgan fingerprint density at radius 1 is 1.18 bits per heavy atom. The average molecular weight is 292 g/mol. The van der Waals surface area contributed by atoms with E-state index in [-0.39, 0.29) is 12.0 Å². The quantitative estimate of drug-likeness (QED) is 0.749. The standard InChI is InChI=1S/C17H16N4O/c22-17-13(6-8-21-14(17)5-7-19-21)16-12-4-2-1-3-11(12)15-9-18-10-20(15)16/h1-5,7,9-10,13,16-17,22H,6,8H2/t13-,16?,17+/m1/s1. The normalized spacial score (nSPS) is 25.6. The lowest BCUT2D eigenvalue weighted by Crippen LogP contribution is -2.31. The Balaban J connectivity index is 1.65. The second-order valence-electron chi connectivity index (χ2n) is 6.09. The second kappa shape index (κ2) is 4.30. The number of nitrogens with zero attached hydrogens (tertiary/aromatic N) is 4. The molecular formula is C17H16N4O. The van der Waals surface area contributed by atoms with E-state index in [1.54, 1.807) is 6.20 Å². The lowest BCUT2D eigenvalue weighted by molar-refractivity contribution is 0.0525. The van der Waals surface area contributed by atoms with Gasteiger partial charge in [0.05, 0.1) is 30.0 Å². The zero-order valence-corrected chi connectivity index (χ0v) is 12.0. The lowest BCUT2D eigenvalue weighted by atomic mass is 9.83. The minimum absolute atomic E-state index is 0.140. The van der Waals surface area contributed by atoms with Gasteiger partial charge >= 0.3 is 0 Å². The van der Waals surface area contributed by atoms with E-state index in [2.05, 4.69) is 38.9 Å². The van der Waals surface area contributed by atoms with Gasteiger partial charge in [-0.2, -0.15) is 5.10 Å². The van der Waals surface area contributed by atoms with Crippen LogP contribution in [0.3, 0.4) is 0 Å². The van der Waals surface area contributed by atoms with Crippen molar-refractivity contribution in [3.05, 3.63) is 60.3 Å². The maximum absolute atomic E-state index is 10.9. The summed E-state index contributed by atoms with van der Waals surface area (Å²) in [6.07, 6.45) is 5.98. The third-order valence-corrected chi connectivity index (χ3v) is 5.06. The fraction of sp³-hybridized carbons (Fsp3) is 0.294. The van der Waals surface area contributed by atoms with Crippen molar-refractivity contribution in [1.82, 2.24) is 19.3 Å². The predicted octanol–water partition coefficient (Wildman–Crippen LogP) is 2.40. The third-order valence-electron chi connectivity index (χ3n) is 5.06. The van der Waals surface area contributed by atoms with E-state index in [9.17, 15) is 5.11 Å². The molecule has 0 aliphatic carbocycles. The number of imidazole rings is 1. The Labute approximate surface area is 127 Å². The smallest absolute Gasteiger partial charge is 0.101 e. The summed E-state index contributed by atoms with van der Waals surface area (Å²) in [7, 11) is 0. The Morgan fingerprint density at radius 3 is 3.05 bits per heavy atom. The molecule has 110 valence electrons. The van der Waals surface area contributed by atoms with Gasteiger partial charge in [0, 0.05) is 24.2 Å². The Morgan fingerprint density at radius 2 is 2.09 bits per heavy atom. The molecule has 0 saturated carbocycles. The highest BCUT2D eigenvalue weighted by atomic mass is 16.3. The zero-order chi connectivity index (χ0) is 14.7. The lowest BCUT2D eigenvalue weighted by Gasteiger charge is -2.34. The van der Waals surface area contributed by atoms with Crippen LogP contribution in [0.15, 0.2) is 49.1 Å². The van der Waals surface area contributed by atoms with Gasteiger partial charge in [0.15, 0.2) is 0 Å². The fourth-order valence-electron chi connectivity index (χ4n) is 4.07. The molecule has 3 aromatic rings. The van der Waals surface area contributed by atoms with Gasteiger partial charge in [-0.3, -0.25) is 4.68 Å². The van der Waals surface area contributed by atoms with E-state index >= 15 is 0 Å². The zero-order valence-electron chi connectivity index (χ0n) is 12.0. The summed E-state index contributed by atoms with van der Waals surface area (Å²) in [6.45, 7) is 0.854. The second-order valence-corrected chi connectivity index (χ2v) is 6.09. The number of benzene rings is 1. The number of aliphatic hydroxyl groups is 1. The minimum Gasteiger partial charge on any atom is -0.386 e. The van der Waals surface area contributed by atoms with Crippen molar-refractivity contribution in [1.29, 1.82) is 0 Å². The maximum Gasteiger partial charge on any atom is 0.101 e. The SMILES string of the molecule is O[C@@H]1c2ccnn2CC[C@@H]1C1c2ccccc2-c2cncn21. The number of aliphatic hydroxyl groups excluding tert-OH is 1. The molecule has 0 bridgehead atoms. The molecule has 5 heteroatoms. The van der Waals surface area contributed by atoms with Gasteiger partial charge in [-0.15, -0.1) is 0 Å². The van der Waals surface area contributed by atoms with Crippen LogP contribution in [0.4, 0.5) is 0 Å². The highest BCUT2D eigenvalue weighted by molar-refractivity contribution is 5.69. The molecule has 0 radical (unpaired) electrons. The molecule has 1 unspecified atom stereocenters. The molecule has 1 N–H and O–H groups in total. The first-order chi connectivity index (χ1) is 10.8. The van der Waals surface area contributed by atoms with Crippen molar-refractivity contribution in [3.8, 4) is 11.3 Å². The summed E-state index contributed by atoms with van der Waals surface area (Å²) in [4.78, 5) is 4.31. The third kappa shape index (κ3) is 1.46. The maximum atomic E-state index is 10.9. The Bertz CT molecular complexity index is 850. The van der Waals surface area contributed by atoms with Gasteiger partial charge in [-0.1, -0.05) is 24.3 Å². The Kier molecular flexibility index (Phi) is 2.38. The molecule has 0 fully saturated rings. The number of hydrogen-bond donors (Lipinski definition) is 1. The molecule has 5 rings (SSSR count). The van der Waals surface area contributed by atoms with Crippen LogP contribution in [-0.4, -0.2) is 24.4 Å². The van der Waals surface area contributed by atoms with E-state index in [1.807, 2.05) is 23.3 Å². The van der Waals surface area contributed by atoms with Gasteiger partial charge in [0.1, 0.15) is 6.10 Å². The van der Waals surface area contributed by atoms with Crippen LogP contribution in [0.2, 0.25) is 0 Å². The molecule has 2 aliphatic rings. The van der Waals surface area contributed by atoms with E-state index < -0.39 is 6.10 Å². The largest absolute Gasteiger partial charge is 0.386 e. The van der Waals surface area contributed by atoms with Crippen molar-refractivity contribution in [3.63, 3.8) is 0 Å². The monoisotopic (exact) mass is 292 g/mol. The van der Waals surface area contributed by atoms with Crippen LogP contribution in [-0.2, 0) is 6.54 Å². The molecule has 2 aromatic heterocycles. The highest BCUT2D eigenvalue weighted by Gasteiger charge is 2.40. The van der Waals surface area contributed by atoms with E-state index in [1.165, 1.54) is 11.1 Å². The summed E-state index contributed by atoms with van der Waals surface area (Å²) in [6, 6.07) is 10.5. The predicted molar refractivity (Wildman–Crippen MR) is 81.1 cm³/mol.